The molecule has 1 amide bonds. The number of carbonyl (C=O) groups excluding carboxylic acids is 1. The van der Waals surface area contributed by atoms with Gasteiger partial charge in [0.05, 0.1) is 6.54 Å². The lowest BCUT2D eigenvalue weighted by molar-refractivity contribution is -0.117. The number of nitrogens with zero attached hydrogens (tertiary/aromatic N) is 1. The molecule has 1 heterocycles. The maximum atomic E-state index is 12.1. The third-order valence-corrected chi connectivity index (χ3v) is 3.47. The van der Waals surface area contributed by atoms with Crippen LogP contribution >= 0.6 is 0 Å². The van der Waals surface area contributed by atoms with Crippen molar-refractivity contribution < 1.29 is 4.79 Å². The number of hydrogen-bond acceptors (Lipinski definition) is 3. The smallest absolute Gasteiger partial charge is 0.238 e. The van der Waals surface area contributed by atoms with Crippen LogP contribution < -0.4 is 10.6 Å². The molecule has 0 radical (unpaired) electrons. The van der Waals surface area contributed by atoms with E-state index >= 15 is 0 Å². The predicted octanol–water partition coefficient (Wildman–Crippen LogP) is 1.54. The van der Waals surface area contributed by atoms with Gasteiger partial charge in [0.1, 0.15) is 0 Å². The van der Waals surface area contributed by atoms with Gasteiger partial charge < -0.3 is 10.6 Å². The van der Waals surface area contributed by atoms with Gasteiger partial charge in [-0.15, -0.1) is 0 Å². The van der Waals surface area contributed by atoms with E-state index in [9.17, 15) is 4.79 Å². The minimum atomic E-state index is 0.0793. The van der Waals surface area contributed by atoms with E-state index < -0.39 is 0 Å². The highest BCUT2D eigenvalue weighted by Crippen LogP contribution is 2.16. The number of anilines is 1. The Balaban J connectivity index is 1.91. The van der Waals surface area contributed by atoms with Gasteiger partial charge in [-0.25, -0.2) is 0 Å². The molecule has 1 fully saturated rings. The summed E-state index contributed by atoms with van der Waals surface area (Å²) in [5.74, 6) is 0.0793. The van der Waals surface area contributed by atoms with Gasteiger partial charge in [-0.05, 0) is 50.6 Å². The number of benzene rings is 1. The summed E-state index contributed by atoms with van der Waals surface area (Å²) < 4.78 is 0. The topological polar surface area (TPSA) is 44.4 Å². The van der Waals surface area contributed by atoms with Crippen LogP contribution in [-0.4, -0.2) is 43.5 Å². The fraction of sp³-hybridized carbons (Fsp3) is 0.533. The summed E-state index contributed by atoms with van der Waals surface area (Å²) in [4.78, 5) is 14.3. The van der Waals surface area contributed by atoms with Gasteiger partial charge >= 0.3 is 0 Å². The first-order valence-electron chi connectivity index (χ1n) is 6.95. The molecule has 4 nitrogen and oxygen atoms in total. The molecular weight excluding hydrogens is 238 g/mol. The van der Waals surface area contributed by atoms with Gasteiger partial charge in [0, 0.05) is 18.8 Å². The second kappa shape index (κ2) is 6.68. The van der Waals surface area contributed by atoms with Crippen LogP contribution in [0.2, 0.25) is 0 Å². The SMILES string of the molecule is Cc1ccc(C)c(NC(=O)CN2CCCNCC2)c1. The second-order valence-electron chi connectivity index (χ2n) is 5.25. The van der Waals surface area contributed by atoms with E-state index in [1.165, 1.54) is 5.56 Å². The van der Waals surface area contributed by atoms with Crippen LogP contribution in [0.15, 0.2) is 18.2 Å². The van der Waals surface area contributed by atoms with Crippen molar-refractivity contribution in [1.82, 2.24) is 10.2 Å². The van der Waals surface area contributed by atoms with Crippen LogP contribution in [0.5, 0.6) is 0 Å². The van der Waals surface area contributed by atoms with E-state index in [0.29, 0.717) is 6.54 Å². The standard InChI is InChI=1S/C15H23N3O/c1-12-4-5-13(2)14(10-12)17-15(19)11-18-8-3-6-16-7-9-18/h4-5,10,16H,3,6-9,11H2,1-2H3,(H,17,19). The fourth-order valence-electron chi connectivity index (χ4n) is 2.32. The van der Waals surface area contributed by atoms with Crippen molar-refractivity contribution in [2.75, 3.05) is 38.0 Å². The Morgan fingerprint density at radius 2 is 2.16 bits per heavy atom. The minimum Gasteiger partial charge on any atom is -0.325 e. The second-order valence-corrected chi connectivity index (χ2v) is 5.25. The highest BCUT2D eigenvalue weighted by Gasteiger charge is 2.13. The lowest BCUT2D eigenvalue weighted by atomic mass is 10.1. The highest BCUT2D eigenvalue weighted by atomic mass is 16.2. The van der Waals surface area contributed by atoms with E-state index in [-0.39, 0.29) is 5.91 Å². The molecule has 19 heavy (non-hydrogen) atoms. The number of aryl methyl sites for hydroxylation is 2. The Morgan fingerprint density at radius 1 is 1.32 bits per heavy atom. The third-order valence-electron chi connectivity index (χ3n) is 3.47. The summed E-state index contributed by atoms with van der Waals surface area (Å²) in [7, 11) is 0. The molecule has 1 aliphatic rings. The average molecular weight is 261 g/mol. The molecular formula is C15H23N3O. The molecule has 4 heteroatoms. The first-order valence-corrected chi connectivity index (χ1v) is 6.95. The molecule has 0 spiro atoms. The fourth-order valence-corrected chi connectivity index (χ4v) is 2.32. The highest BCUT2D eigenvalue weighted by molar-refractivity contribution is 5.93. The van der Waals surface area contributed by atoms with Crippen LogP contribution in [0.4, 0.5) is 5.69 Å². The molecule has 0 unspecified atom stereocenters. The maximum Gasteiger partial charge on any atom is 0.238 e. The van der Waals surface area contributed by atoms with Crippen molar-refractivity contribution in [1.29, 1.82) is 0 Å². The first kappa shape index (κ1) is 14.0. The van der Waals surface area contributed by atoms with Gasteiger partial charge in [0.2, 0.25) is 5.91 Å². The van der Waals surface area contributed by atoms with Crippen molar-refractivity contribution in [3.05, 3.63) is 29.3 Å². The van der Waals surface area contributed by atoms with Crippen molar-refractivity contribution in [2.24, 2.45) is 0 Å². The Labute approximate surface area is 115 Å². The molecule has 0 atom stereocenters. The largest absolute Gasteiger partial charge is 0.325 e. The molecule has 2 N–H and O–H groups in total. The van der Waals surface area contributed by atoms with Crippen LogP contribution in [0.1, 0.15) is 17.5 Å². The molecule has 0 bridgehead atoms. The molecule has 0 aliphatic carbocycles. The molecule has 0 saturated carbocycles. The summed E-state index contributed by atoms with van der Waals surface area (Å²) in [6.07, 6.45) is 1.11. The van der Waals surface area contributed by atoms with Gasteiger partial charge in [-0.1, -0.05) is 12.1 Å². The van der Waals surface area contributed by atoms with Crippen LogP contribution in [0.3, 0.4) is 0 Å². The maximum absolute atomic E-state index is 12.1. The van der Waals surface area contributed by atoms with Crippen LogP contribution in [-0.2, 0) is 4.79 Å². The molecule has 104 valence electrons. The van der Waals surface area contributed by atoms with Gasteiger partial charge in [-0.3, -0.25) is 9.69 Å². The Bertz CT molecular complexity index is 437. The minimum absolute atomic E-state index is 0.0793. The first-order chi connectivity index (χ1) is 9.15. The normalized spacial score (nSPS) is 16.9. The Hall–Kier alpha value is -1.39. The molecule has 1 aromatic rings. The van der Waals surface area contributed by atoms with E-state index in [4.69, 9.17) is 0 Å². The van der Waals surface area contributed by atoms with E-state index in [1.54, 1.807) is 0 Å². The molecule has 2 rings (SSSR count). The summed E-state index contributed by atoms with van der Waals surface area (Å²) in [5, 5.41) is 6.36. The van der Waals surface area contributed by atoms with E-state index in [1.807, 2.05) is 26.0 Å². The monoisotopic (exact) mass is 261 g/mol. The average Bonchev–Trinajstić information content (AvgIpc) is 2.62. The molecule has 1 aliphatic heterocycles. The van der Waals surface area contributed by atoms with Gasteiger partial charge in [0.25, 0.3) is 0 Å². The summed E-state index contributed by atoms with van der Waals surface area (Å²) in [6, 6.07) is 6.13. The van der Waals surface area contributed by atoms with Crippen molar-refractivity contribution in [3.63, 3.8) is 0 Å². The third kappa shape index (κ3) is 4.33. The summed E-state index contributed by atoms with van der Waals surface area (Å²) >= 11 is 0. The van der Waals surface area contributed by atoms with Crippen LogP contribution in [0.25, 0.3) is 0 Å². The van der Waals surface area contributed by atoms with Gasteiger partial charge in [0.15, 0.2) is 0 Å². The lowest BCUT2D eigenvalue weighted by Gasteiger charge is -2.19. The zero-order valence-corrected chi connectivity index (χ0v) is 11.8. The zero-order valence-electron chi connectivity index (χ0n) is 11.8. The zero-order chi connectivity index (χ0) is 13.7. The number of rotatable bonds is 3. The van der Waals surface area contributed by atoms with E-state index in [2.05, 4.69) is 21.6 Å². The number of carbonyl (C=O) groups is 1. The number of hydrogen-bond donors (Lipinski definition) is 2. The molecule has 0 aromatic heterocycles. The Morgan fingerprint density at radius 3 is 3.00 bits per heavy atom. The number of nitrogens with one attached hydrogen (secondary N) is 2. The summed E-state index contributed by atoms with van der Waals surface area (Å²) in [6.45, 7) is 8.49. The van der Waals surface area contributed by atoms with Crippen molar-refractivity contribution >= 4 is 11.6 Å². The predicted molar refractivity (Wildman–Crippen MR) is 78.5 cm³/mol. The van der Waals surface area contributed by atoms with Crippen molar-refractivity contribution in [3.8, 4) is 0 Å². The molecule has 1 aromatic carbocycles. The quantitative estimate of drug-likeness (QED) is 0.867. The lowest BCUT2D eigenvalue weighted by Crippen LogP contribution is -2.35. The summed E-state index contributed by atoms with van der Waals surface area (Å²) in [5.41, 5.74) is 3.20. The number of amides is 1. The Kier molecular flexibility index (Phi) is 4.93. The molecule has 1 saturated heterocycles. The van der Waals surface area contributed by atoms with Gasteiger partial charge in [-0.2, -0.15) is 0 Å². The van der Waals surface area contributed by atoms with E-state index in [0.717, 1.165) is 43.9 Å². The van der Waals surface area contributed by atoms with Crippen molar-refractivity contribution in [2.45, 2.75) is 20.3 Å². The van der Waals surface area contributed by atoms with Crippen LogP contribution in [0, 0.1) is 13.8 Å².